The Bertz CT molecular complexity index is 1230. The van der Waals surface area contributed by atoms with Crippen LogP contribution >= 0.6 is 0 Å². The highest BCUT2D eigenvalue weighted by molar-refractivity contribution is 5.76. The first-order valence-electron chi connectivity index (χ1n) is 11.0. The number of hydrogen-bond acceptors (Lipinski definition) is 6. The Balaban J connectivity index is 1.62. The summed E-state index contributed by atoms with van der Waals surface area (Å²) in [4.78, 5) is 20.5. The number of nitrogens with zero attached hydrogens (tertiary/aromatic N) is 3. The van der Waals surface area contributed by atoms with E-state index in [-0.39, 0.29) is 18.2 Å². The predicted octanol–water partition coefficient (Wildman–Crippen LogP) is 6.32. The highest BCUT2D eigenvalue weighted by atomic mass is 16.5. The third-order valence-corrected chi connectivity index (χ3v) is 5.43. The zero-order chi connectivity index (χ0) is 23.8. The van der Waals surface area contributed by atoms with E-state index in [1.807, 2.05) is 52.8 Å². The fourth-order valence-corrected chi connectivity index (χ4v) is 3.80. The average molecular weight is 446 g/mol. The summed E-state index contributed by atoms with van der Waals surface area (Å²) in [5, 5.41) is 4.19. The molecule has 2 aromatic carbocycles. The van der Waals surface area contributed by atoms with Gasteiger partial charge in [-0.05, 0) is 76.8 Å². The highest BCUT2D eigenvalue weighted by Crippen LogP contribution is 2.40. The third-order valence-electron chi connectivity index (χ3n) is 5.43. The number of carbonyl (C=O) groups is 1. The molecule has 33 heavy (non-hydrogen) atoms. The van der Waals surface area contributed by atoms with Crippen molar-refractivity contribution in [3.05, 3.63) is 58.9 Å². The highest BCUT2D eigenvalue weighted by Gasteiger charge is 2.32. The van der Waals surface area contributed by atoms with Crippen molar-refractivity contribution in [2.75, 3.05) is 0 Å². The van der Waals surface area contributed by atoms with E-state index in [1.54, 1.807) is 18.2 Å². The van der Waals surface area contributed by atoms with Gasteiger partial charge in [-0.3, -0.25) is 4.79 Å². The molecule has 0 fully saturated rings. The van der Waals surface area contributed by atoms with Crippen LogP contribution < -0.4 is 4.74 Å². The Morgan fingerprint density at radius 3 is 2.73 bits per heavy atom. The lowest BCUT2D eigenvalue weighted by Gasteiger charge is -2.21. The van der Waals surface area contributed by atoms with Crippen LogP contribution in [0.25, 0.3) is 27.7 Å². The van der Waals surface area contributed by atoms with E-state index in [0.29, 0.717) is 28.7 Å². The lowest BCUT2D eigenvalue weighted by atomic mass is 9.97. The smallest absolute Gasteiger partial charge is 0.311 e. The van der Waals surface area contributed by atoms with Crippen LogP contribution in [0.1, 0.15) is 58.3 Å². The molecule has 1 heterocycles. The predicted molar refractivity (Wildman–Crippen MR) is 124 cm³/mol. The number of carbonyl (C=O) groups excluding carboxylic acids is 1. The number of benzene rings is 2. The molecule has 170 valence electrons. The summed E-state index contributed by atoms with van der Waals surface area (Å²) in [6.07, 6.45) is 1.19. The van der Waals surface area contributed by atoms with E-state index in [0.717, 1.165) is 29.5 Å². The van der Waals surface area contributed by atoms with E-state index in [1.165, 1.54) is 0 Å². The van der Waals surface area contributed by atoms with Crippen molar-refractivity contribution in [3.63, 3.8) is 0 Å². The normalized spacial score (nSPS) is 15.2. The number of ether oxygens (including phenoxy) is 2. The Hall–Kier alpha value is -3.66. The summed E-state index contributed by atoms with van der Waals surface area (Å²) in [7, 11) is 0. The van der Waals surface area contributed by atoms with Gasteiger partial charge in [0.2, 0.25) is 11.5 Å². The van der Waals surface area contributed by atoms with Gasteiger partial charge in [0.15, 0.2) is 0 Å². The molecule has 0 radical (unpaired) electrons. The molecule has 4 rings (SSSR count). The van der Waals surface area contributed by atoms with Gasteiger partial charge in [-0.25, -0.2) is 4.85 Å². The van der Waals surface area contributed by atoms with Gasteiger partial charge in [0, 0.05) is 11.1 Å². The molecule has 0 N–H and O–H groups in total. The molecular formula is C26H27N3O4. The summed E-state index contributed by atoms with van der Waals surface area (Å²) in [5.41, 5.74) is 3.41. The number of aromatic nitrogens is 2. The van der Waals surface area contributed by atoms with Crippen LogP contribution in [0.15, 0.2) is 40.9 Å². The largest absolute Gasteiger partial charge is 0.502 e. The number of fused-ring (bicyclic) bond motifs is 1. The van der Waals surface area contributed by atoms with E-state index >= 15 is 0 Å². The molecule has 1 aliphatic rings. The van der Waals surface area contributed by atoms with Gasteiger partial charge >= 0.3 is 5.97 Å². The first kappa shape index (κ1) is 22.5. The maximum Gasteiger partial charge on any atom is 0.311 e. The van der Waals surface area contributed by atoms with Gasteiger partial charge in [0.1, 0.15) is 11.9 Å². The third kappa shape index (κ3) is 4.61. The summed E-state index contributed by atoms with van der Waals surface area (Å²) >= 11 is 0. The Morgan fingerprint density at radius 1 is 1.24 bits per heavy atom. The second-order valence-electron chi connectivity index (χ2n) is 9.44. The van der Waals surface area contributed by atoms with Crippen LogP contribution in [0, 0.1) is 12.0 Å². The zero-order valence-corrected chi connectivity index (χ0v) is 19.5. The summed E-state index contributed by atoms with van der Waals surface area (Å²) in [5.74, 6) is 1.11. The number of esters is 1. The van der Waals surface area contributed by atoms with Gasteiger partial charge in [-0.2, -0.15) is 4.98 Å². The van der Waals surface area contributed by atoms with Crippen molar-refractivity contribution in [2.24, 2.45) is 5.41 Å². The number of rotatable bonds is 5. The zero-order valence-electron chi connectivity index (χ0n) is 19.5. The molecule has 7 nitrogen and oxygen atoms in total. The van der Waals surface area contributed by atoms with Crippen LogP contribution in [0.2, 0.25) is 0 Å². The summed E-state index contributed by atoms with van der Waals surface area (Å²) in [6.45, 7) is 16.8. The molecule has 1 atom stereocenters. The Labute approximate surface area is 193 Å². The van der Waals surface area contributed by atoms with Gasteiger partial charge in [-0.15, -0.1) is 0 Å². The van der Waals surface area contributed by atoms with Crippen LogP contribution in [0.4, 0.5) is 5.69 Å². The van der Waals surface area contributed by atoms with E-state index < -0.39 is 5.41 Å². The lowest BCUT2D eigenvalue weighted by Crippen LogP contribution is -2.24. The average Bonchev–Trinajstić information content (AvgIpc) is 3.41. The molecule has 0 aliphatic heterocycles. The van der Waals surface area contributed by atoms with Crippen molar-refractivity contribution in [3.8, 4) is 28.6 Å². The lowest BCUT2D eigenvalue weighted by molar-refractivity contribution is -0.158. The summed E-state index contributed by atoms with van der Waals surface area (Å²) in [6, 6.07) is 11.1. The van der Waals surface area contributed by atoms with E-state index in [9.17, 15) is 4.79 Å². The fraction of sp³-hybridized carbons (Fsp3) is 0.385. The second-order valence-corrected chi connectivity index (χ2v) is 9.44. The quantitative estimate of drug-likeness (QED) is 0.338. The van der Waals surface area contributed by atoms with Gasteiger partial charge in [0.25, 0.3) is 5.89 Å². The first-order valence-corrected chi connectivity index (χ1v) is 11.0. The molecular weight excluding hydrogens is 418 g/mol. The fourth-order valence-electron chi connectivity index (χ4n) is 3.80. The second kappa shape index (κ2) is 8.70. The van der Waals surface area contributed by atoms with Gasteiger partial charge < -0.3 is 14.0 Å². The maximum absolute atomic E-state index is 12.4. The molecule has 0 unspecified atom stereocenters. The van der Waals surface area contributed by atoms with Crippen molar-refractivity contribution >= 4 is 11.7 Å². The molecule has 0 bridgehead atoms. The SMILES string of the molecule is [C-]#[N+]c1cc(-c2nc(-c3cccc4c3CC[C@H]4OC(=O)C(C)(C)C)no2)ccc1OC(C)C. The van der Waals surface area contributed by atoms with Gasteiger partial charge in [0.05, 0.1) is 18.1 Å². The molecule has 0 spiro atoms. The van der Waals surface area contributed by atoms with Crippen molar-refractivity contribution in [1.82, 2.24) is 10.1 Å². The molecule has 0 amide bonds. The van der Waals surface area contributed by atoms with Crippen molar-refractivity contribution in [2.45, 2.75) is 59.7 Å². The molecule has 7 heteroatoms. The van der Waals surface area contributed by atoms with Crippen molar-refractivity contribution in [1.29, 1.82) is 0 Å². The van der Waals surface area contributed by atoms with E-state index in [4.69, 9.17) is 20.6 Å². The Morgan fingerprint density at radius 2 is 2.03 bits per heavy atom. The molecule has 1 aliphatic carbocycles. The maximum atomic E-state index is 12.4. The minimum atomic E-state index is -0.553. The van der Waals surface area contributed by atoms with Crippen LogP contribution in [-0.2, 0) is 16.0 Å². The van der Waals surface area contributed by atoms with Crippen LogP contribution in [0.5, 0.6) is 5.75 Å². The minimum absolute atomic E-state index is 0.0296. The Kier molecular flexibility index (Phi) is 5.94. The van der Waals surface area contributed by atoms with Crippen LogP contribution in [0.3, 0.4) is 0 Å². The minimum Gasteiger partial charge on any atom is -0.502 e. The number of hydrogen-bond donors (Lipinski definition) is 0. The van der Waals surface area contributed by atoms with E-state index in [2.05, 4.69) is 15.0 Å². The monoisotopic (exact) mass is 445 g/mol. The molecule has 1 aromatic heterocycles. The topological polar surface area (TPSA) is 78.8 Å². The first-order chi connectivity index (χ1) is 15.7. The standard InChI is InChI=1S/C26H27N3O4/c1-15(2)31-22-12-10-16(14-20(22)27-6)24-28-23(29-33-24)19-9-7-8-18-17(19)11-13-21(18)32-25(30)26(3,4)5/h7-10,12,14-15,21H,11,13H2,1-5H3/t21-/m1/s1. The molecule has 0 saturated heterocycles. The molecule has 0 saturated carbocycles. The summed E-state index contributed by atoms with van der Waals surface area (Å²) < 4.78 is 17.0. The van der Waals surface area contributed by atoms with Crippen LogP contribution in [-0.4, -0.2) is 22.2 Å². The molecule has 3 aromatic rings. The van der Waals surface area contributed by atoms with Crippen molar-refractivity contribution < 1.29 is 18.8 Å². The van der Waals surface area contributed by atoms with Gasteiger partial charge in [-0.1, -0.05) is 23.4 Å².